The van der Waals surface area contributed by atoms with E-state index in [1.807, 2.05) is 59.5 Å². The predicted octanol–water partition coefficient (Wildman–Crippen LogP) is 5.06. The fraction of sp³-hybridized carbons (Fsp3) is 0.190. The van der Waals surface area contributed by atoms with Crippen LogP contribution in [0.4, 0.5) is 5.69 Å². The summed E-state index contributed by atoms with van der Waals surface area (Å²) in [6.07, 6.45) is 2.06. The van der Waals surface area contributed by atoms with Gasteiger partial charge in [-0.15, -0.1) is 11.8 Å². The zero-order valence-electron chi connectivity index (χ0n) is 14.4. The van der Waals surface area contributed by atoms with Gasteiger partial charge in [0.05, 0.1) is 30.9 Å². The minimum absolute atomic E-state index is 0.0143. The van der Waals surface area contributed by atoms with Gasteiger partial charge in [-0.05, 0) is 42.0 Å². The summed E-state index contributed by atoms with van der Waals surface area (Å²) >= 11 is 1.68. The van der Waals surface area contributed by atoms with Crippen LogP contribution in [-0.2, 0) is 11.3 Å². The first-order valence-corrected chi connectivity index (χ1v) is 9.35. The van der Waals surface area contributed by atoms with Gasteiger partial charge in [-0.25, -0.2) is 0 Å². The van der Waals surface area contributed by atoms with Crippen LogP contribution in [0, 0.1) is 0 Å². The second-order valence-electron chi connectivity index (χ2n) is 6.12. The third-order valence-corrected chi connectivity index (χ3v) is 5.73. The highest BCUT2D eigenvalue weighted by Gasteiger charge is 2.30. The van der Waals surface area contributed by atoms with Gasteiger partial charge in [0.15, 0.2) is 0 Å². The number of hydrogen-bond acceptors (Lipinski definition) is 4. The Morgan fingerprint density at radius 2 is 1.92 bits per heavy atom. The number of furan rings is 1. The zero-order valence-corrected chi connectivity index (χ0v) is 15.2. The summed E-state index contributed by atoms with van der Waals surface area (Å²) in [6.45, 7) is 0.533. The topological polar surface area (TPSA) is 42.7 Å². The van der Waals surface area contributed by atoms with Crippen molar-refractivity contribution < 1.29 is 13.9 Å². The Morgan fingerprint density at radius 1 is 1.12 bits per heavy atom. The number of para-hydroxylation sites is 1. The molecular formula is C21H19NO3S. The van der Waals surface area contributed by atoms with Gasteiger partial charge in [0.2, 0.25) is 5.91 Å². The molecule has 1 unspecified atom stereocenters. The van der Waals surface area contributed by atoms with E-state index >= 15 is 0 Å². The summed E-state index contributed by atoms with van der Waals surface area (Å²) in [5.74, 6) is 1.74. The van der Waals surface area contributed by atoms with Gasteiger partial charge in [-0.2, -0.15) is 0 Å². The Morgan fingerprint density at radius 3 is 2.65 bits per heavy atom. The molecule has 1 aliphatic heterocycles. The number of methoxy groups -OCH3 is 1. The van der Waals surface area contributed by atoms with Gasteiger partial charge in [0.25, 0.3) is 0 Å². The molecule has 4 rings (SSSR count). The van der Waals surface area contributed by atoms with Crippen LogP contribution >= 0.6 is 11.8 Å². The third-order valence-electron chi connectivity index (χ3n) is 4.45. The largest absolute Gasteiger partial charge is 0.497 e. The molecule has 132 valence electrons. The van der Waals surface area contributed by atoms with E-state index in [1.165, 1.54) is 0 Å². The monoisotopic (exact) mass is 365 g/mol. The first-order valence-electron chi connectivity index (χ1n) is 8.47. The molecule has 2 heterocycles. The molecule has 0 bridgehead atoms. The average molecular weight is 365 g/mol. The lowest BCUT2D eigenvalue weighted by Crippen LogP contribution is -2.30. The molecule has 1 amide bonds. The highest BCUT2D eigenvalue weighted by Crippen LogP contribution is 2.45. The summed E-state index contributed by atoms with van der Waals surface area (Å²) in [6, 6.07) is 19.7. The van der Waals surface area contributed by atoms with Gasteiger partial charge in [-0.1, -0.05) is 24.3 Å². The normalized spacial score (nSPS) is 16.9. The number of thioether (sulfide) groups is 1. The smallest absolute Gasteiger partial charge is 0.228 e. The average Bonchev–Trinajstić information content (AvgIpc) is 3.17. The van der Waals surface area contributed by atoms with Crippen LogP contribution in [0.3, 0.4) is 0 Å². The van der Waals surface area contributed by atoms with Gasteiger partial charge < -0.3 is 14.1 Å². The van der Waals surface area contributed by atoms with Crippen LogP contribution in [0.2, 0.25) is 0 Å². The van der Waals surface area contributed by atoms with Crippen LogP contribution < -0.4 is 9.64 Å². The van der Waals surface area contributed by atoms with E-state index in [2.05, 4.69) is 6.07 Å². The van der Waals surface area contributed by atoms with Crippen molar-refractivity contribution in [2.45, 2.75) is 23.1 Å². The minimum Gasteiger partial charge on any atom is -0.497 e. The summed E-state index contributed by atoms with van der Waals surface area (Å²) in [5, 5.41) is -0.0143. The molecule has 0 fully saturated rings. The van der Waals surface area contributed by atoms with Crippen LogP contribution in [-0.4, -0.2) is 13.0 Å². The Balaban J connectivity index is 1.66. The van der Waals surface area contributed by atoms with Crippen LogP contribution in [0.15, 0.2) is 76.2 Å². The lowest BCUT2D eigenvalue weighted by molar-refractivity contribution is -0.118. The molecule has 1 aromatic heterocycles. The van der Waals surface area contributed by atoms with Gasteiger partial charge in [-0.3, -0.25) is 4.79 Å². The molecule has 4 nitrogen and oxygen atoms in total. The molecule has 0 saturated carbocycles. The number of amides is 1. The molecule has 0 spiro atoms. The number of rotatable bonds is 4. The summed E-state index contributed by atoms with van der Waals surface area (Å²) in [5.41, 5.74) is 2.02. The number of hydrogen-bond donors (Lipinski definition) is 0. The molecule has 26 heavy (non-hydrogen) atoms. The van der Waals surface area contributed by atoms with E-state index in [-0.39, 0.29) is 11.2 Å². The number of anilines is 1. The van der Waals surface area contributed by atoms with Crippen molar-refractivity contribution in [2.75, 3.05) is 12.0 Å². The number of benzene rings is 2. The second kappa shape index (κ2) is 7.30. The molecule has 2 aromatic carbocycles. The third kappa shape index (κ3) is 3.35. The fourth-order valence-electron chi connectivity index (χ4n) is 3.10. The van der Waals surface area contributed by atoms with E-state index in [0.29, 0.717) is 13.0 Å². The fourth-order valence-corrected chi connectivity index (χ4v) is 4.34. The number of ether oxygens (including phenoxy) is 1. The SMILES string of the molecule is COc1ccc(CN2C(=O)CC(c3ccco3)Sc3ccccc32)cc1. The Bertz CT molecular complexity index is 890. The van der Waals surface area contributed by atoms with Crippen molar-refractivity contribution in [3.63, 3.8) is 0 Å². The van der Waals surface area contributed by atoms with E-state index in [0.717, 1.165) is 27.7 Å². The zero-order chi connectivity index (χ0) is 17.9. The molecule has 1 aliphatic rings. The lowest BCUT2D eigenvalue weighted by atomic mass is 10.1. The first-order chi connectivity index (χ1) is 12.7. The maximum atomic E-state index is 13.1. The maximum absolute atomic E-state index is 13.1. The van der Waals surface area contributed by atoms with Crippen LogP contribution in [0.5, 0.6) is 5.75 Å². The minimum atomic E-state index is -0.0143. The van der Waals surface area contributed by atoms with Crippen molar-refractivity contribution in [3.8, 4) is 5.75 Å². The van der Waals surface area contributed by atoms with Crippen molar-refractivity contribution in [2.24, 2.45) is 0 Å². The van der Waals surface area contributed by atoms with E-state index in [1.54, 1.807) is 25.1 Å². The van der Waals surface area contributed by atoms with Crippen molar-refractivity contribution >= 4 is 23.4 Å². The Kier molecular flexibility index (Phi) is 4.71. The van der Waals surface area contributed by atoms with E-state index < -0.39 is 0 Å². The van der Waals surface area contributed by atoms with Crippen LogP contribution in [0.25, 0.3) is 0 Å². The molecular weight excluding hydrogens is 346 g/mol. The van der Waals surface area contributed by atoms with E-state index in [9.17, 15) is 4.79 Å². The molecule has 0 radical (unpaired) electrons. The number of nitrogens with zero attached hydrogens (tertiary/aromatic N) is 1. The molecule has 0 aliphatic carbocycles. The standard InChI is InChI=1S/C21H19NO3S/c1-24-16-10-8-15(9-11-16)14-22-17-5-2-3-7-19(17)26-20(13-21(22)23)18-6-4-12-25-18/h2-12,20H,13-14H2,1H3. The highest BCUT2D eigenvalue weighted by atomic mass is 32.2. The quantitative estimate of drug-likeness (QED) is 0.648. The summed E-state index contributed by atoms with van der Waals surface area (Å²) in [7, 11) is 1.65. The van der Waals surface area contributed by atoms with Crippen LogP contribution in [0.1, 0.15) is 23.0 Å². The Hall–Kier alpha value is -2.66. The number of carbonyl (C=O) groups is 1. The lowest BCUT2D eigenvalue weighted by Gasteiger charge is -2.23. The van der Waals surface area contributed by atoms with Crippen molar-refractivity contribution in [3.05, 3.63) is 78.3 Å². The summed E-state index contributed by atoms with van der Waals surface area (Å²) in [4.78, 5) is 16.0. The highest BCUT2D eigenvalue weighted by molar-refractivity contribution is 7.99. The molecule has 1 atom stereocenters. The van der Waals surface area contributed by atoms with Crippen molar-refractivity contribution in [1.29, 1.82) is 0 Å². The molecule has 3 aromatic rings. The second-order valence-corrected chi connectivity index (χ2v) is 7.37. The number of fused-ring (bicyclic) bond motifs is 1. The molecule has 0 N–H and O–H groups in total. The Labute approximate surface area is 156 Å². The first kappa shape index (κ1) is 16.8. The number of carbonyl (C=O) groups excluding carboxylic acids is 1. The van der Waals surface area contributed by atoms with Crippen molar-refractivity contribution in [1.82, 2.24) is 0 Å². The maximum Gasteiger partial charge on any atom is 0.228 e. The van der Waals surface area contributed by atoms with Gasteiger partial charge in [0.1, 0.15) is 11.5 Å². The van der Waals surface area contributed by atoms with Gasteiger partial charge in [0, 0.05) is 11.3 Å². The molecule has 5 heteroatoms. The van der Waals surface area contributed by atoms with E-state index in [4.69, 9.17) is 9.15 Å². The summed E-state index contributed by atoms with van der Waals surface area (Å²) < 4.78 is 10.8. The predicted molar refractivity (Wildman–Crippen MR) is 103 cm³/mol. The molecule has 0 saturated heterocycles. The van der Waals surface area contributed by atoms with Gasteiger partial charge >= 0.3 is 0 Å².